The van der Waals surface area contributed by atoms with Crippen LogP contribution in [0.2, 0.25) is 0 Å². The van der Waals surface area contributed by atoms with E-state index in [2.05, 4.69) is 21.4 Å². The summed E-state index contributed by atoms with van der Waals surface area (Å²) in [6.45, 7) is 0.438. The van der Waals surface area contributed by atoms with Crippen LogP contribution in [0.15, 0.2) is 53.0 Å². The lowest BCUT2D eigenvalue weighted by Crippen LogP contribution is -2.29. The lowest BCUT2D eigenvalue weighted by atomic mass is 10.1. The number of para-hydroxylation sites is 1. The molecular weight excluding hydrogens is 308 g/mol. The highest BCUT2D eigenvalue weighted by Gasteiger charge is 2.04. The van der Waals surface area contributed by atoms with E-state index in [4.69, 9.17) is 10.6 Å². The fraction of sp³-hybridized carbons (Fsp3) is 0.0714. The zero-order chi connectivity index (χ0) is 13.7. The predicted molar refractivity (Wildman–Crippen MR) is 76.6 cm³/mol. The molecule has 0 bridgehead atoms. The zero-order valence-corrected chi connectivity index (χ0v) is 11.7. The number of benzene rings is 2. The zero-order valence-electron chi connectivity index (χ0n) is 10.1. The van der Waals surface area contributed by atoms with E-state index < -0.39 is 0 Å². The molecule has 0 saturated heterocycles. The molecule has 0 unspecified atom stereocenters. The van der Waals surface area contributed by atoms with Crippen LogP contribution in [0.5, 0.6) is 5.75 Å². The molecule has 0 spiro atoms. The number of ether oxygens (including phenoxy) is 1. The molecule has 0 heterocycles. The van der Waals surface area contributed by atoms with Gasteiger partial charge in [0.25, 0.3) is 5.91 Å². The number of carbonyl (C=O) groups excluding carboxylic acids is 1. The molecule has 0 aliphatic carbocycles. The number of nitrogens with one attached hydrogen (secondary N) is 1. The van der Waals surface area contributed by atoms with Gasteiger partial charge in [0.05, 0.1) is 4.47 Å². The quantitative estimate of drug-likeness (QED) is 0.517. The first kappa shape index (κ1) is 13.6. The molecule has 19 heavy (non-hydrogen) atoms. The molecule has 0 saturated carbocycles. The van der Waals surface area contributed by atoms with Gasteiger partial charge in [-0.25, -0.2) is 5.84 Å². The fourth-order valence-electron chi connectivity index (χ4n) is 1.56. The average Bonchev–Trinajstić information content (AvgIpc) is 2.46. The number of hydrogen-bond donors (Lipinski definition) is 2. The van der Waals surface area contributed by atoms with E-state index in [1.54, 1.807) is 12.1 Å². The van der Waals surface area contributed by atoms with Crippen molar-refractivity contribution in [3.8, 4) is 5.75 Å². The van der Waals surface area contributed by atoms with Gasteiger partial charge in [-0.05, 0) is 45.8 Å². The highest BCUT2D eigenvalue weighted by Crippen LogP contribution is 2.24. The van der Waals surface area contributed by atoms with Crippen molar-refractivity contribution in [3.05, 3.63) is 64.1 Å². The second-order valence-electron chi connectivity index (χ2n) is 3.89. The molecule has 2 rings (SSSR count). The minimum Gasteiger partial charge on any atom is -0.488 e. The van der Waals surface area contributed by atoms with Gasteiger partial charge in [0.1, 0.15) is 12.4 Å². The first-order chi connectivity index (χ1) is 9.20. The van der Waals surface area contributed by atoms with Crippen LogP contribution in [0.1, 0.15) is 15.9 Å². The van der Waals surface area contributed by atoms with Gasteiger partial charge in [-0.1, -0.05) is 24.3 Å². The van der Waals surface area contributed by atoms with Crippen molar-refractivity contribution in [1.29, 1.82) is 0 Å². The fourth-order valence-corrected chi connectivity index (χ4v) is 1.96. The van der Waals surface area contributed by atoms with Gasteiger partial charge in [-0.2, -0.15) is 0 Å². The van der Waals surface area contributed by atoms with Crippen LogP contribution in [0.25, 0.3) is 0 Å². The SMILES string of the molecule is NNC(=O)c1ccc(COc2ccccc2Br)cc1. The van der Waals surface area contributed by atoms with Crippen molar-refractivity contribution in [3.63, 3.8) is 0 Å². The van der Waals surface area contributed by atoms with Crippen molar-refractivity contribution in [2.45, 2.75) is 6.61 Å². The topological polar surface area (TPSA) is 64.3 Å². The highest BCUT2D eigenvalue weighted by atomic mass is 79.9. The summed E-state index contributed by atoms with van der Waals surface area (Å²) in [7, 11) is 0. The van der Waals surface area contributed by atoms with E-state index in [9.17, 15) is 4.79 Å². The van der Waals surface area contributed by atoms with Crippen LogP contribution in [0, 0.1) is 0 Å². The van der Waals surface area contributed by atoms with Crippen LogP contribution in [-0.2, 0) is 6.61 Å². The molecule has 5 heteroatoms. The van der Waals surface area contributed by atoms with Crippen LogP contribution < -0.4 is 16.0 Å². The summed E-state index contributed by atoms with van der Waals surface area (Å²) in [4.78, 5) is 11.3. The lowest BCUT2D eigenvalue weighted by Gasteiger charge is -2.08. The van der Waals surface area contributed by atoms with Crippen molar-refractivity contribution in [2.24, 2.45) is 5.84 Å². The Bertz CT molecular complexity index is 570. The summed E-state index contributed by atoms with van der Waals surface area (Å²) in [6.07, 6.45) is 0. The minimum absolute atomic E-state index is 0.307. The molecule has 0 aromatic heterocycles. The minimum atomic E-state index is -0.307. The van der Waals surface area contributed by atoms with E-state index in [1.807, 2.05) is 36.4 Å². The molecule has 0 atom stereocenters. The maximum absolute atomic E-state index is 11.3. The Labute approximate surface area is 119 Å². The van der Waals surface area contributed by atoms with E-state index in [-0.39, 0.29) is 5.91 Å². The van der Waals surface area contributed by atoms with Gasteiger partial charge >= 0.3 is 0 Å². The van der Waals surface area contributed by atoms with Gasteiger partial charge in [-0.15, -0.1) is 0 Å². The Morgan fingerprint density at radius 2 is 1.84 bits per heavy atom. The van der Waals surface area contributed by atoms with Gasteiger partial charge in [-0.3, -0.25) is 10.2 Å². The number of hydrazine groups is 1. The van der Waals surface area contributed by atoms with Crippen LogP contribution in [0.4, 0.5) is 0 Å². The van der Waals surface area contributed by atoms with Gasteiger partial charge in [0.15, 0.2) is 0 Å². The summed E-state index contributed by atoms with van der Waals surface area (Å²) in [5, 5.41) is 0. The second-order valence-corrected chi connectivity index (χ2v) is 4.74. The normalized spacial score (nSPS) is 10.0. The third-order valence-corrected chi connectivity index (χ3v) is 3.23. The number of carbonyl (C=O) groups is 1. The Balaban J connectivity index is 2.01. The van der Waals surface area contributed by atoms with Crippen molar-refractivity contribution in [1.82, 2.24) is 5.43 Å². The van der Waals surface area contributed by atoms with Crippen molar-refractivity contribution < 1.29 is 9.53 Å². The first-order valence-corrected chi connectivity index (χ1v) is 6.47. The standard InChI is InChI=1S/C14H13BrN2O2/c15-12-3-1-2-4-13(12)19-9-10-5-7-11(8-6-10)14(18)17-16/h1-8H,9,16H2,(H,17,18). The number of nitrogens with two attached hydrogens (primary N) is 1. The van der Waals surface area contributed by atoms with E-state index in [0.29, 0.717) is 12.2 Å². The van der Waals surface area contributed by atoms with Gasteiger partial charge in [0.2, 0.25) is 0 Å². The number of hydrogen-bond acceptors (Lipinski definition) is 3. The summed E-state index contributed by atoms with van der Waals surface area (Å²) in [6, 6.07) is 14.7. The average molecular weight is 321 g/mol. The third-order valence-electron chi connectivity index (χ3n) is 2.58. The smallest absolute Gasteiger partial charge is 0.265 e. The predicted octanol–water partition coefficient (Wildman–Crippen LogP) is 2.63. The van der Waals surface area contributed by atoms with E-state index in [1.165, 1.54) is 0 Å². The van der Waals surface area contributed by atoms with E-state index in [0.717, 1.165) is 15.8 Å². The molecular formula is C14H13BrN2O2. The first-order valence-electron chi connectivity index (χ1n) is 5.68. The summed E-state index contributed by atoms with van der Waals surface area (Å²) < 4.78 is 6.59. The van der Waals surface area contributed by atoms with Gasteiger partial charge < -0.3 is 4.74 Å². The summed E-state index contributed by atoms with van der Waals surface area (Å²) in [5.74, 6) is 5.54. The number of amides is 1. The molecule has 0 fully saturated rings. The Kier molecular flexibility index (Phi) is 4.54. The largest absolute Gasteiger partial charge is 0.488 e. The number of rotatable bonds is 4. The maximum Gasteiger partial charge on any atom is 0.265 e. The molecule has 4 nitrogen and oxygen atoms in total. The highest BCUT2D eigenvalue weighted by molar-refractivity contribution is 9.10. The van der Waals surface area contributed by atoms with Crippen LogP contribution in [0.3, 0.4) is 0 Å². The summed E-state index contributed by atoms with van der Waals surface area (Å²) >= 11 is 3.42. The lowest BCUT2D eigenvalue weighted by molar-refractivity contribution is 0.0953. The van der Waals surface area contributed by atoms with Crippen molar-refractivity contribution >= 4 is 21.8 Å². The number of nitrogen functional groups attached to an aromatic ring is 1. The van der Waals surface area contributed by atoms with E-state index >= 15 is 0 Å². The molecule has 1 amide bonds. The third kappa shape index (κ3) is 3.56. The second kappa shape index (κ2) is 6.36. The molecule has 0 aliphatic rings. The monoisotopic (exact) mass is 320 g/mol. The Hall–Kier alpha value is -1.85. The molecule has 2 aromatic carbocycles. The van der Waals surface area contributed by atoms with Crippen LogP contribution in [-0.4, -0.2) is 5.91 Å². The molecule has 2 aromatic rings. The summed E-state index contributed by atoms with van der Waals surface area (Å²) in [5.41, 5.74) is 3.59. The van der Waals surface area contributed by atoms with Crippen LogP contribution >= 0.6 is 15.9 Å². The Morgan fingerprint density at radius 3 is 2.47 bits per heavy atom. The molecule has 0 aliphatic heterocycles. The number of halogens is 1. The van der Waals surface area contributed by atoms with Gasteiger partial charge in [0, 0.05) is 5.56 Å². The maximum atomic E-state index is 11.3. The van der Waals surface area contributed by atoms with Crippen molar-refractivity contribution in [2.75, 3.05) is 0 Å². The molecule has 3 N–H and O–H groups in total. The molecule has 0 radical (unpaired) electrons. The Morgan fingerprint density at radius 1 is 1.16 bits per heavy atom. The molecule has 98 valence electrons.